The molecule has 2 aromatic rings. The highest BCUT2D eigenvalue weighted by Crippen LogP contribution is 2.25. The first kappa shape index (κ1) is 12.8. The van der Waals surface area contributed by atoms with Crippen LogP contribution in [0, 0.1) is 5.82 Å². The van der Waals surface area contributed by atoms with E-state index in [-0.39, 0.29) is 24.3 Å². The van der Waals surface area contributed by atoms with Crippen molar-refractivity contribution < 1.29 is 9.18 Å². The highest BCUT2D eigenvalue weighted by molar-refractivity contribution is 7.22. The van der Waals surface area contributed by atoms with Gasteiger partial charge >= 0.3 is 0 Å². The molecule has 0 aliphatic heterocycles. The molecule has 0 spiro atoms. The van der Waals surface area contributed by atoms with Gasteiger partial charge in [-0.2, -0.15) is 0 Å². The van der Waals surface area contributed by atoms with Gasteiger partial charge in [-0.25, -0.2) is 9.37 Å². The Morgan fingerprint density at radius 3 is 3.00 bits per heavy atom. The molecule has 4 nitrogen and oxygen atoms in total. The SMILES string of the molecule is CC(C)NC(=O)CNc1nc2cc(F)ccc2s1. The first-order valence-electron chi connectivity index (χ1n) is 5.64. The lowest BCUT2D eigenvalue weighted by atomic mass is 10.3. The van der Waals surface area contributed by atoms with Crippen LogP contribution in [0.2, 0.25) is 0 Å². The fourth-order valence-electron chi connectivity index (χ4n) is 1.51. The molecule has 96 valence electrons. The van der Waals surface area contributed by atoms with Crippen molar-refractivity contribution in [2.24, 2.45) is 0 Å². The molecule has 0 bridgehead atoms. The molecule has 0 saturated heterocycles. The van der Waals surface area contributed by atoms with Crippen LogP contribution < -0.4 is 10.6 Å². The van der Waals surface area contributed by atoms with E-state index in [9.17, 15) is 9.18 Å². The van der Waals surface area contributed by atoms with E-state index in [1.807, 2.05) is 13.8 Å². The van der Waals surface area contributed by atoms with Crippen LogP contribution in [-0.2, 0) is 4.79 Å². The van der Waals surface area contributed by atoms with Crippen molar-refractivity contribution in [1.29, 1.82) is 0 Å². The van der Waals surface area contributed by atoms with E-state index in [2.05, 4.69) is 15.6 Å². The lowest BCUT2D eigenvalue weighted by Gasteiger charge is -2.07. The third-order valence-electron chi connectivity index (χ3n) is 2.20. The number of nitrogens with zero attached hydrogens (tertiary/aromatic N) is 1. The third-order valence-corrected chi connectivity index (χ3v) is 3.19. The summed E-state index contributed by atoms with van der Waals surface area (Å²) in [6.45, 7) is 3.97. The van der Waals surface area contributed by atoms with E-state index in [4.69, 9.17) is 0 Å². The first-order chi connectivity index (χ1) is 8.54. The Balaban J connectivity index is 2.02. The van der Waals surface area contributed by atoms with Crippen molar-refractivity contribution in [3.63, 3.8) is 0 Å². The minimum Gasteiger partial charge on any atom is -0.352 e. The van der Waals surface area contributed by atoms with Crippen LogP contribution in [0.1, 0.15) is 13.8 Å². The Labute approximate surface area is 108 Å². The number of anilines is 1. The van der Waals surface area contributed by atoms with Crippen LogP contribution in [0.25, 0.3) is 10.2 Å². The monoisotopic (exact) mass is 267 g/mol. The van der Waals surface area contributed by atoms with Crippen molar-refractivity contribution >= 4 is 32.6 Å². The lowest BCUT2D eigenvalue weighted by molar-refractivity contribution is -0.119. The summed E-state index contributed by atoms with van der Waals surface area (Å²) in [5.41, 5.74) is 0.603. The normalized spacial score (nSPS) is 10.9. The second-order valence-corrected chi connectivity index (χ2v) is 5.24. The van der Waals surface area contributed by atoms with E-state index in [0.29, 0.717) is 10.6 Å². The average Bonchev–Trinajstić information content (AvgIpc) is 2.67. The Hall–Kier alpha value is -1.69. The number of thiazole rings is 1. The number of aromatic nitrogens is 1. The predicted octanol–water partition coefficient (Wildman–Crippen LogP) is 2.37. The fraction of sp³-hybridized carbons (Fsp3) is 0.333. The van der Waals surface area contributed by atoms with Gasteiger partial charge < -0.3 is 10.6 Å². The topological polar surface area (TPSA) is 54.0 Å². The van der Waals surface area contributed by atoms with Crippen LogP contribution in [0.15, 0.2) is 18.2 Å². The number of hydrogen-bond acceptors (Lipinski definition) is 4. The van der Waals surface area contributed by atoms with Gasteiger partial charge in [0.15, 0.2) is 5.13 Å². The van der Waals surface area contributed by atoms with E-state index >= 15 is 0 Å². The molecule has 2 rings (SSSR count). The van der Waals surface area contributed by atoms with E-state index < -0.39 is 0 Å². The number of fused-ring (bicyclic) bond motifs is 1. The quantitative estimate of drug-likeness (QED) is 0.894. The molecule has 0 unspecified atom stereocenters. The summed E-state index contributed by atoms with van der Waals surface area (Å²) in [6.07, 6.45) is 0. The molecule has 2 N–H and O–H groups in total. The molecule has 6 heteroatoms. The largest absolute Gasteiger partial charge is 0.352 e. The molecule has 1 amide bonds. The Bertz CT molecular complexity index is 567. The van der Waals surface area contributed by atoms with Crippen molar-refractivity contribution in [3.8, 4) is 0 Å². The summed E-state index contributed by atoms with van der Waals surface area (Å²) >= 11 is 1.40. The molecule has 0 aliphatic carbocycles. The zero-order valence-corrected chi connectivity index (χ0v) is 11.0. The minimum absolute atomic E-state index is 0.0876. The number of rotatable bonds is 4. The van der Waals surface area contributed by atoms with Crippen molar-refractivity contribution in [2.75, 3.05) is 11.9 Å². The van der Waals surface area contributed by atoms with Crippen molar-refractivity contribution in [3.05, 3.63) is 24.0 Å². The molecule has 0 saturated carbocycles. The molecule has 0 fully saturated rings. The molecule has 0 atom stereocenters. The summed E-state index contributed by atoms with van der Waals surface area (Å²) in [5.74, 6) is -0.396. The highest BCUT2D eigenvalue weighted by atomic mass is 32.1. The summed E-state index contributed by atoms with van der Waals surface area (Å²) < 4.78 is 13.9. The number of carbonyl (C=O) groups is 1. The summed E-state index contributed by atoms with van der Waals surface area (Å²) in [4.78, 5) is 15.7. The van der Waals surface area contributed by atoms with Gasteiger partial charge in [0.25, 0.3) is 0 Å². The summed E-state index contributed by atoms with van der Waals surface area (Å²) in [7, 11) is 0. The predicted molar refractivity (Wildman–Crippen MR) is 71.3 cm³/mol. The lowest BCUT2D eigenvalue weighted by Crippen LogP contribution is -2.34. The van der Waals surface area contributed by atoms with E-state index in [0.717, 1.165) is 4.70 Å². The van der Waals surface area contributed by atoms with Crippen LogP contribution in [-0.4, -0.2) is 23.5 Å². The average molecular weight is 267 g/mol. The van der Waals surface area contributed by atoms with Gasteiger partial charge in [-0.1, -0.05) is 11.3 Å². The summed E-state index contributed by atoms with van der Waals surface area (Å²) in [6, 6.07) is 4.58. The smallest absolute Gasteiger partial charge is 0.239 e. The Kier molecular flexibility index (Phi) is 3.76. The van der Waals surface area contributed by atoms with Crippen LogP contribution in [0.4, 0.5) is 9.52 Å². The van der Waals surface area contributed by atoms with Crippen molar-refractivity contribution in [1.82, 2.24) is 10.3 Å². The zero-order valence-electron chi connectivity index (χ0n) is 10.2. The van der Waals surface area contributed by atoms with E-state index in [1.165, 1.54) is 23.5 Å². The van der Waals surface area contributed by atoms with Gasteiger partial charge in [-0.05, 0) is 26.0 Å². The number of halogens is 1. The Morgan fingerprint density at radius 1 is 1.50 bits per heavy atom. The van der Waals surface area contributed by atoms with Gasteiger partial charge in [0, 0.05) is 12.1 Å². The fourth-order valence-corrected chi connectivity index (χ4v) is 2.35. The third kappa shape index (κ3) is 3.16. The molecule has 18 heavy (non-hydrogen) atoms. The minimum atomic E-state index is -0.308. The first-order valence-corrected chi connectivity index (χ1v) is 6.45. The van der Waals surface area contributed by atoms with Gasteiger partial charge in [0.05, 0.1) is 16.8 Å². The zero-order chi connectivity index (χ0) is 13.1. The maximum Gasteiger partial charge on any atom is 0.239 e. The standard InChI is InChI=1S/C12H14FN3OS/c1-7(2)15-11(17)6-14-12-16-9-5-8(13)3-4-10(9)18-12/h3-5,7H,6H2,1-2H3,(H,14,16)(H,15,17). The highest BCUT2D eigenvalue weighted by Gasteiger charge is 2.07. The maximum atomic E-state index is 13.0. The second kappa shape index (κ2) is 5.30. The van der Waals surface area contributed by atoms with Crippen LogP contribution >= 0.6 is 11.3 Å². The van der Waals surface area contributed by atoms with Crippen LogP contribution in [0.3, 0.4) is 0 Å². The van der Waals surface area contributed by atoms with E-state index in [1.54, 1.807) is 6.07 Å². The number of amides is 1. The molecule has 0 aliphatic rings. The molecular weight excluding hydrogens is 253 g/mol. The number of hydrogen-bond donors (Lipinski definition) is 2. The van der Waals surface area contributed by atoms with Gasteiger partial charge in [0.1, 0.15) is 5.82 Å². The number of carbonyl (C=O) groups excluding carboxylic acids is 1. The van der Waals surface area contributed by atoms with Gasteiger partial charge in [-0.15, -0.1) is 0 Å². The second-order valence-electron chi connectivity index (χ2n) is 4.21. The van der Waals surface area contributed by atoms with Gasteiger partial charge in [-0.3, -0.25) is 4.79 Å². The van der Waals surface area contributed by atoms with Crippen LogP contribution in [0.5, 0.6) is 0 Å². The molecule has 0 radical (unpaired) electrons. The number of benzene rings is 1. The molecule has 1 aromatic carbocycles. The Morgan fingerprint density at radius 2 is 2.28 bits per heavy atom. The molecular formula is C12H14FN3OS. The summed E-state index contributed by atoms with van der Waals surface area (Å²) in [5, 5.41) is 6.32. The number of nitrogens with one attached hydrogen (secondary N) is 2. The van der Waals surface area contributed by atoms with Crippen molar-refractivity contribution in [2.45, 2.75) is 19.9 Å². The van der Waals surface area contributed by atoms with Gasteiger partial charge in [0.2, 0.25) is 5.91 Å². The molecule has 1 aromatic heterocycles. The molecule has 1 heterocycles. The maximum absolute atomic E-state index is 13.0.